The number of rotatable bonds is 6. The van der Waals surface area contributed by atoms with Gasteiger partial charge < -0.3 is 14.5 Å². The van der Waals surface area contributed by atoms with E-state index >= 15 is 0 Å². The summed E-state index contributed by atoms with van der Waals surface area (Å²) < 4.78 is 32.3. The summed E-state index contributed by atoms with van der Waals surface area (Å²) in [5.41, 5.74) is 3.49. The van der Waals surface area contributed by atoms with Crippen LogP contribution in [0.3, 0.4) is 0 Å². The van der Waals surface area contributed by atoms with E-state index in [2.05, 4.69) is 9.88 Å². The van der Waals surface area contributed by atoms with Crippen molar-refractivity contribution in [2.24, 2.45) is 0 Å². The van der Waals surface area contributed by atoms with Gasteiger partial charge in [0.05, 0.1) is 29.0 Å². The summed E-state index contributed by atoms with van der Waals surface area (Å²) in [4.78, 5) is 22.0. The van der Waals surface area contributed by atoms with Crippen molar-refractivity contribution in [1.29, 1.82) is 0 Å². The molecule has 0 unspecified atom stereocenters. The topological polar surface area (TPSA) is 79.8 Å². The van der Waals surface area contributed by atoms with E-state index in [-0.39, 0.29) is 16.6 Å². The van der Waals surface area contributed by atoms with Crippen molar-refractivity contribution in [3.05, 3.63) is 95.7 Å². The SMILES string of the molecule is COc1ccccc1N1CCN(C(=O)c2cc(S(=O)(=O)Cc3cccc4cccnc34)ccc2C)CC1. The van der Waals surface area contributed by atoms with E-state index < -0.39 is 9.84 Å². The fourth-order valence-electron chi connectivity index (χ4n) is 4.81. The summed E-state index contributed by atoms with van der Waals surface area (Å²) in [6.45, 7) is 4.24. The number of benzene rings is 3. The maximum Gasteiger partial charge on any atom is 0.254 e. The highest BCUT2D eigenvalue weighted by Gasteiger charge is 2.26. The maximum atomic E-state index is 13.5. The van der Waals surface area contributed by atoms with Crippen LogP contribution in [0.5, 0.6) is 5.75 Å². The number of carbonyl (C=O) groups is 1. The standard InChI is InChI=1S/C29H29N3O4S/c1-21-12-13-24(37(34,35)20-23-8-5-7-22-9-6-14-30-28(22)23)19-25(21)29(33)32-17-15-31(16-18-32)26-10-3-4-11-27(26)36-2/h3-14,19H,15-18,20H2,1-2H3. The number of hydrogen-bond donors (Lipinski definition) is 0. The van der Waals surface area contributed by atoms with Crippen LogP contribution in [0.1, 0.15) is 21.5 Å². The normalized spacial score (nSPS) is 14.1. The first-order valence-electron chi connectivity index (χ1n) is 12.2. The molecule has 190 valence electrons. The Morgan fingerprint density at radius 3 is 2.49 bits per heavy atom. The molecule has 4 aromatic rings. The summed E-state index contributed by atoms with van der Waals surface area (Å²) in [6.07, 6.45) is 1.66. The highest BCUT2D eigenvalue weighted by molar-refractivity contribution is 7.90. The van der Waals surface area contributed by atoms with Crippen LogP contribution in [0.2, 0.25) is 0 Å². The fraction of sp³-hybridized carbons (Fsp3) is 0.241. The number of sulfone groups is 1. The van der Waals surface area contributed by atoms with Crippen molar-refractivity contribution in [2.45, 2.75) is 17.6 Å². The van der Waals surface area contributed by atoms with E-state index in [1.165, 1.54) is 6.07 Å². The lowest BCUT2D eigenvalue weighted by atomic mass is 10.1. The van der Waals surface area contributed by atoms with E-state index in [1.807, 2.05) is 55.5 Å². The van der Waals surface area contributed by atoms with E-state index in [9.17, 15) is 13.2 Å². The molecule has 37 heavy (non-hydrogen) atoms. The molecule has 0 radical (unpaired) electrons. The molecule has 0 spiro atoms. The first-order valence-corrected chi connectivity index (χ1v) is 13.9. The molecule has 1 aromatic heterocycles. The van der Waals surface area contributed by atoms with E-state index in [1.54, 1.807) is 36.4 Å². The van der Waals surface area contributed by atoms with Crippen LogP contribution < -0.4 is 9.64 Å². The molecule has 0 atom stereocenters. The molecule has 0 aliphatic carbocycles. The number of piperazine rings is 1. The lowest BCUT2D eigenvalue weighted by Gasteiger charge is -2.36. The third-order valence-corrected chi connectivity index (χ3v) is 8.52. The number of ether oxygens (including phenoxy) is 1. The molecule has 1 aliphatic rings. The Bertz CT molecular complexity index is 1560. The Labute approximate surface area is 217 Å². The third kappa shape index (κ3) is 5.02. The quantitative estimate of drug-likeness (QED) is 0.377. The molecular formula is C29H29N3O4S. The van der Waals surface area contributed by atoms with Crippen LogP contribution in [-0.2, 0) is 15.6 Å². The fourth-order valence-corrected chi connectivity index (χ4v) is 6.19. The van der Waals surface area contributed by atoms with Gasteiger partial charge in [0.2, 0.25) is 0 Å². The van der Waals surface area contributed by atoms with Crippen molar-refractivity contribution >= 4 is 32.3 Å². The van der Waals surface area contributed by atoms with Gasteiger partial charge in [-0.2, -0.15) is 0 Å². The minimum atomic E-state index is -3.69. The van der Waals surface area contributed by atoms with E-state index in [0.29, 0.717) is 42.8 Å². The van der Waals surface area contributed by atoms with Gasteiger partial charge in [-0.3, -0.25) is 9.78 Å². The zero-order valence-electron chi connectivity index (χ0n) is 20.9. The first kappa shape index (κ1) is 24.8. The number of carbonyl (C=O) groups excluding carboxylic acids is 1. The Kier molecular flexibility index (Phi) is 6.84. The van der Waals surface area contributed by atoms with Gasteiger partial charge in [-0.15, -0.1) is 0 Å². The van der Waals surface area contributed by atoms with Gasteiger partial charge in [0.15, 0.2) is 9.84 Å². The van der Waals surface area contributed by atoms with Gasteiger partial charge in [0.25, 0.3) is 5.91 Å². The number of amides is 1. The van der Waals surface area contributed by atoms with Crippen molar-refractivity contribution in [2.75, 3.05) is 38.2 Å². The van der Waals surface area contributed by atoms with E-state index in [0.717, 1.165) is 22.4 Å². The lowest BCUT2D eigenvalue weighted by molar-refractivity contribution is 0.0745. The second-order valence-corrected chi connectivity index (χ2v) is 11.2. The minimum Gasteiger partial charge on any atom is -0.495 e. The molecule has 3 aromatic carbocycles. The molecule has 7 nitrogen and oxygen atoms in total. The van der Waals surface area contributed by atoms with Gasteiger partial charge in [-0.05, 0) is 48.4 Å². The van der Waals surface area contributed by atoms with Crippen LogP contribution in [0.15, 0.2) is 83.9 Å². The van der Waals surface area contributed by atoms with Gasteiger partial charge in [-0.25, -0.2) is 8.42 Å². The molecule has 2 heterocycles. The molecule has 1 aliphatic heterocycles. The predicted molar refractivity (Wildman–Crippen MR) is 145 cm³/mol. The summed E-state index contributed by atoms with van der Waals surface area (Å²) in [7, 11) is -2.04. The molecular weight excluding hydrogens is 486 g/mol. The number of anilines is 1. The van der Waals surface area contributed by atoms with Gasteiger partial charge in [-0.1, -0.05) is 42.5 Å². The molecule has 1 amide bonds. The number of methoxy groups -OCH3 is 1. The van der Waals surface area contributed by atoms with Crippen LogP contribution >= 0.6 is 0 Å². The van der Waals surface area contributed by atoms with Crippen LogP contribution in [-0.4, -0.2) is 57.5 Å². The first-order chi connectivity index (χ1) is 17.9. The number of hydrogen-bond acceptors (Lipinski definition) is 6. The average Bonchev–Trinajstić information content (AvgIpc) is 2.93. The van der Waals surface area contributed by atoms with Crippen molar-refractivity contribution in [1.82, 2.24) is 9.88 Å². The van der Waals surface area contributed by atoms with Crippen LogP contribution in [0.25, 0.3) is 10.9 Å². The number of pyridine rings is 1. The van der Waals surface area contributed by atoms with Crippen molar-refractivity contribution < 1.29 is 17.9 Å². The number of aromatic nitrogens is 1. The Morgan fingerprint density at radius 2 is 1.70 bits per heavy atom. The summed E-state index contributed by atoms with van der Waals surface area (Å²) in [6, 6.07) is 21.9. The number of aryl methyl sites for hydroxylation is 1. The molecule has 5 rings (SSSR count). The summed E-state index contributed by atoms with van der Waals surface area (Å²) >= 11 is 0. The average molecular weight is 516 g/mol. The van der Waals surface area contributed by atoms with E-state index in [4.69, 9.17) is 4.74 Å². The summed E-state index contributed by atoms with van der Waals surface area (Å²) in [5, 5.41) is 0.891. The zero-order valence-corrected chi connectivity index (χ0v) is 21.7. The Hall–Kier alpha value is -3.91. The second-order valence-electron chi connectivity index (χ2n) is 9.18. The Morgan fingerprint density at radius 1 is 0.946 bits per heavy atom. The smallest absolute Gasteiger partial charge is 0.254 e. The molecule has 1 fully saturated rings. The van der Waals surface area contributed by atoms with Crippen molar-refractivity contribution in [3.63, 3.8) is 0 Å². The number of para-hydroxylation sites is 3. The van der Waals surface area contributed by atoms with Crippen molar-refractivity contribution in [3.8, 4) is 5.75 Å². The third-order valence-electron chi connectivity index (χ3n) is 6.85. The predicted octanol–water partition coefficient (Wildman–Crippen LogP) is 4.49. The van der Waals surface area contributed by atoms with Gasteiger partial charge in [0, 0.05) is 43.3 Å². The highest BCUT2D eigenvalue weighted by atomic mass is 32.2. The number of nitrogens with zero attached hydrogens (tertiary/aromatic N) is 3. The highest BCUT2D eigenvalue weighted by Crippen LogP contribution is 2.29. The molecule has 8 heteroatoms. The zero-order chi connectivity index (χ0) is 26.0. The molecule has 0 saturated carbocycles. The number of fused-ring (bicyclic) bond motifs is 1. The van der Waals surface area contributed by atoms with Crippen LogP contribution in [0.4, 0.5) is 5.69 Å². The molecule has 0 bridgehead atoms. The monoisotopic (exact) mass is 515 g/mol. The largest absolute Gasteiger partial charge is 0.495 e. The van der Waals surface area contributed by atoms with Gasteiger partial charge >= 0.3 is 0 Å². The maximum absolute atomic E-state index is 13.5. The lowest BCUT2D eigenvalue weighted by Crippen LogP contribution is -2.49. The Balaban J connectivity index is 1.35. The second kappa shape index (κ2) is 10.2. The van der Waals surface area contributed by atoms with Gasteiger partial charge in [0.1, 0.15) is 5.75 Å². The molecule has 0 N–H and O–H groups in total. The minimum absolute atomic E-state index is 0.141. The molecule has 1 saturated heterocycles. The summed E-state index contributed by atoms with van der Waals surface area (Å²) in [5.74, 6) is 0.466. The van der Waals surface area contributed by atoms with Crippen LogP contribution in [0, 0.1) is 6.92 Å².